The Morgan fingerprint density at radius 2 is 1.58 bits per heavy atom. The minimum atomic E-state index is -0.228. The lowest BCUT2D eigenvalue weighted by molar-refractivity contribution is 0.536. The second kappa shape index (κ2) is 6.78. The Morgan fingerprint density at radius 3 is 2.16 bits per heavy atom. The average Bonchev–Trinajstić information content (AvgIpc) is 2.46. The van der Waals surface area contributed by atoms with Gasteiger partial charge in [0.05, 0.1) is 0 Å². The lowest BCUT2D eigenvalue weighted by Gasteiger charge is -2.30. The van der Waals surface area contributed by atoms with Crippen molar-refractivity contribution in [3.63, 3.8) is 0 Å². The minimum Gasteiger partial charge on any atom is -0.126 e. The molecule has 0 aliphatic heterocycles. The van der Waals surface area contributed by atoms with Crippen LogP contribution in [-0.2, 0) is 11.8 Å². The predicted molar refractivity (Wildman–Crippen MR) is 87.4 cm³/mol. The Bertz CT molecular complexity index is 521. The van der Waals surface area contributed by atoms with Gasteiger partial charge in [0.1, 0.15) is 0 Å². The van der Waals surface area contributed by atoms with Crippen molar-refractivity contribution in [1.29, 1.82) is 0 Å². The van der Waals surface area contributed by atoms with E-state index in [-0.39, 0.29) is 5.41 Å². The van der Waals surface area contributed by atoms with Crippen molar-refractivity contribution in [2.45, 2.75) is 11.8 Å². The normalized spacial score (nSPS) is 11.5. The van der Waals surface area contributed by atoms with E-state index in [4.69, 9.17) is 23.2 Å². The zero-order valence-corrected chi connectivity index (χ0v) is 13.5. The van der Waals surface area contributed by atoms with E-state index in [1.165, 1.54) is 11.1 Å². The molecule has 2 rings (SSSR count). The maximum Gasteiger partial charge on any atom is 0.0335 e. The highest BCUT2D eigenvalue weighted by Gasteiger charge is 2.31. The third-order valence-corrected chi connectivity index (χ3v) is 4.85. The number of benzene rings is 2. The lowest BCUT2D eigenvalue weighted by Crippen LogP contribution is -2.33. The Labute approximate surface area is 132 Å². The molecule has 0 aliphatic rings. The van der Waals surface area contributed by atoms with E-state index in [1.54, 1.807) is 0 Å². The molecule has 0 radical (unpaired) electrons. The molecule has 0 atom stereocenters. The van der Waals surface area contributed by atoms with Gasteiger partial charge < -0.3 is 0 Å². The van der Waals surface area contributed by atoms with E-state index in [0.717, 1.165) is 10.9 Å². The number of hydrogen-bond donors (Lipinski definition) is 0. The summed E-state index contributed by atoms with van der Waals surface area (Å²) >= 11 is 16.0. The van der Waals surface area contributed by atoms with Crippen LogP contribution in [0.15, 0.2) is 59.1 Å². The van der Waals surface area contributed by atoms with E-state index in [1.807, 2.05) is 30.3 Å². The standard InChI is InChI=1S/C16H15BrCl2/c17-15-8-4-7-14(9-15)16(11-18,12-19)10-13-5-2-1-3-6-13/h1-9H,10-12H2. The SMILES string of the molecule is ClCC(CCl)(Cc1ccccc1)c1cccc(Br)c1. The molecule has 2 aromatic rings. The van der Waals surface area contributed by atoms with Crippen molar-refractivity contribution >= 4 is 39.1 Å². The number of rotatable bonds is 5. The van der Waals surface area contributed by atoms with E-state index < -0.39 is 0 Å². The maximum atomic E-state index is 6.26. The molecule has 0 aliphatic carbocycles. The van der Waals surface area contributed by atoms with Crippen LogP contribution >= 0.6 is 39.1 Å². The molecule has 0 nitrogen and oxygen atoms in total. The van der Waals surface area contributed by atoms with Crippen LogP contribution in [0.5, 0.6) is 0 Å². The first-order valence-corrected chi connectivity index (χ1v) is 7.98. The van der Waals surface area contributed by atoms with E-state index in [2.05, 4.69) is 40.2 Å². The van der Waals surface area contributed by atoms with Crippen LogP contribution in [0.1, 0.15) is 11.1 Å². The highest BCUT2D eigenvalue weighted by molar-refractivity contribution is 9.10. The third kappa shape index (κ3) is 3.53. The summed E-state index contributed by atoms with van der Waals surface area (Å²) in [5, 5.41) is 0. The van der Waals surface area contributed by atoms with Crippen molar-refractivity contribution in [3.8, 4) is 0 Å². The molecule has 0 bridgehead atoms. The largest absolute Gasteiger partial charge is 0.126 e. The smallest absolute Gasteiger partial charge is 0.0335 e. The van der Waals surface area contributed by atoms with E-state index in [0.29, 0.717) is 11.8 Å². The van der Waals surface area contributed by atoms with Gasteiger partial charge in [-0.25, -0.2) is 0 Å². The first kappa shape index (κ1) is 14.9. The summed E-state index contributed by atoms with van der Waals surface area (Å²) in [5.41, 5.74) is 2.20. The molecule has 0 aromatic heterocycles. The maximum absolute atomic E-state index is 6.26. The van der Waals surface area contributed by atoms with Gasteiger partial charge in [0.2, 0.25) is 0 Å². The Morgan fingerprint density at radius 1 is 0.895 bits per heavy atom. The zero-order chi connectivity index (χ0) is 13.7. The summed E-state index contributed by atoms with van der Waals surface area (Å²) in [6.07, 6.45) is 0.845. The summed E-state index contributed by atoms with van der Waals surface area (Å²) in [7, 11) is 0. The molecule has 0 heterocycles. The van der Waals surface area contributed by atoms with Crippen molar-refractivity contribution in [2.24, 2.45) is 0 Å². The molecule has 0 spiro atoms. The second-order valence-corrected chi connectivity index (χ2v) is 6.17. The summed E-state index contributed by atoms with van der Waals surface area (Å²) in [6, 6.07) is 18.6. The fourth-order valence-corrected chi connectivity index (χ4v) is 3.37. The molecule has 3 heteroatoms. The first-order chi connectivity index (χ1) is 9.20. The van der Waals surface area contributed by atoms with Crippen LogP contribution in [0.2, 0.25) is 0 Å². The van der Waals surface area contributed by atoms with Crippen molar-refractivity contribution in [3.05, 3.63) is 70.2 Å². The van der Waals surface area contributed by atoms with E-state index >= 15 is 0 Å². The van der Waals surface area contributed by atoms with Crippen molar-refractivity contribution < 1.29 is 0 Å². The molecule has 0 saturated carbocycles. The average molecular weight is 358 g/mol. The van der Waals surface area contributed by atoms with Gasteiger partial charge in [-0.2, -0.15) is 0 Å². The van der Waals surface area contributed by atoms with Gasteiger partial charge in [-0.3, -0.25) is 0 Å². The van der Waals surface area contributed by atoms with Crippen LogP contribution in [0.25, 0.3) is 0 Å². The van der Waals surface area contributed by atoms with Crippen molar-refractivity contribution in [1.82, 2.24) is 0 Å². The molecule has 100 valence electrons. The fourth-order valence-electron chi connectivity index (χ4n) is 2.19. The van der Waals surface area contributed by atoms with Gasteiger partial charge >= 0.3 is 0 Å². The van der Waals surface area contributed by atoms with Crippen LogP contribution in [0.4, 0.5) is 0 Å². The molecule has 19 heavy (non-hydrogen) atoms. The first-order valence-electron chi connectivity index (χ1n) is 6.12. The highest BCUT2D eigenvalue weighted by Crippen LogP contribution is 2.33. The summed E-state index contributed by atoms with van der Waals surface area (Å²) in [5.74, 6) is 1.00. The predicted octanol–water partition coefficient (Wildman–Crippen LogP) is 5.41. The highest BCUT2D eigenvalue weighted by atomic mass is 79.9. The monoisotopic (exact) mass is 356 g/mol. The zero-order valence-electron chi connectivity index (χ0n) is 10.5. The van der Waals surface area contributed by atoms with Gasteiger partial charge in [-0.15, -0.1) is 23.2 Å². The molecule has 0 saturated heterocycles. The fraction of sp³-hybridized carbons (Fsp3) is 0.250. The summed E-state index contributed by atoms with van der Waals surface area (Å²) in [4.78, 5) is 0. The summed E-state index contributed by atoms with van der Waals surface area (Å²) in [6.45, 7) is 0. The Balaban J connectivity index is 2.37. The molecular weight excluding hydrogens is 343 g/mol. The van der Waals surface area contributed by atoms with Crippen LogP contribution in [0, 0.1) is 0 Å². The molecular formula is C16H15BrCl2. The van der Waals surface area contributed by atoms with Crippen LogP contribution in [-0.4, -0.2) is 11.8 Å². The molecule has 2 aromatic carbocycles. The molecule has 0 N–H and O–H groups in total. The molecule has 0 unspecified atom stereocenters. The summed E-state index contributed by atoms with van der Waals surface area (Å²) < 4.78 is 1.05. The topological polar surface area (TPSA) is 0 Å². The van der Waals surface area contributed by atoms with Gasteiger partial charge in [-0.05, 0) is 29.7 Å². The Hall–Kier alpha value is -0.500. The number of halogens is 3. The quantitative estimate of drug-likeness (QED) is 0.628. The van der Waals surface area contributed by atoms with Crippen LogP contribution < -0.4 is 0 Å². The van der Waals surface area contributed by atoms with Gasteiger partial charge in [0.15, 0.2) is 0 Å². The van der Waals surface area contributed by atoms with E-state index in [9.17, 15) is 0 Å². The van der Waals surface area contributed by atoms with Gasteiger partial charge in [0.25, 0.3) is 0 Å². The lowest BCUT2D eigenvalue weighted by atomic mass is 9.79. The van der Waals surface area contributed by atoms with Gasteiger partial charge in [0, 0.05) is 21.6 Å². The molecule has 0 fully saturated rings. The van der Waals surface area contributed by atoms with Gasteiger partial charge in [-0.1, -0.05) is 58.4 Å². The Kier molecular flexibility index (Phi) is 5.32. The minimum absolute atomic E-state index is 0.228. The second-order valence-electron chi connectivity index (χ2n) is 4.72. The van der Waals surface area contributed by atoms with Crippen LogP contribution in [0.3, 0.4) is 0 Å². The molecule has 0 amide bonds. The number of hydrogen-bond acceptors (Lipinski definition) is 0. The third-order valence-electron chi connectivity index (χ3n) is 3.33. The van der Waals surface area contributed by atoms with Crippen molar-refractivity contribution in [2.75, 3.05) is 11.8 Å². The number of alkyl halides is 2.